The van der Waals surface area contributed by atoms with Crippen LogP contribution in [0, 0.1) is 5.92 Å². The molecule has 3 atom stereocenters. The van der Waals surface area contributed by atoms with Gasteiger partial charge in [0.1, 0.15) is 12.7 Å². The van der Waals surface area contributed by atoms with E-state index in [0.717, 1.165) is 13.0 Å². The summed E-state index contributed by atoms with van der Waals surface area (Å²) >= 11 is 0. The molecule has 0 spiro atoms. The lowest BCUT2D eigenvalue weighted by molar-refractivity contribution is -0.122. The van der Waals surface area contributed by atoms with Gasteiger partial charge in [-0.15, -0.1) is 0 Å². The first-order chi connectivity index (χ1) is 11.2. The summed E-state index contributed by atoms with van der Waals surface area (Å²) in [6.07, 6.45) is 8.92. The predicted molar refractivity (Wildman–Crippen MR) is 82.1 cm³/mol. The fraction of sp³-hybridized carbons (Fsp3) is 0.600. The third kappa shape index (κ3) is 4.38. The number of aromatic nitrogens is 5. The van der Waals surface area contributed by atoms with Crippen molar-refractivity contribution in [3.8, 4) is 0 Å². The number of aliphatic hydroxyl groups is 1. The molecule has 2 N–H and O–H groups in total. The van der Waals surface area contributed by atoms with Gasteiger partial charge >= 0.3 is 0 Å². The van der Waals surface area contributed by atoms with Crippen LogP contribution in [0.5, 0.6) is 0 Å². The Morgan fingerprint density at radius 2 is 2.22 bits per heavy atom. The van der Waals surface area contributed by atoms with Gasteiger partial charge in [0, 0.05) is 31.9 Å². The van der Waals surface area contributed by atoms with E-state index in [2.05, 4.69) is 20.5 Å². The van der Waals surface area contributed by atoms with E-state index < -0.39 is 6.10 Å². The van der Waals surface area contributed by atoms with Gasteiger partial charge in [0.05, 0.1) is 12.1 Å². The number of carbonyl (C=O) groups is 1. The van der Waals surface area contributed by atoms with E-state index in [1.54, 1.807) is 17.2 Å². The molecule has 2 aromatic heterocycles. The Labute approximate surface area is 134 Å². The summed E-state index contributed by atoms with van der Waals surface area (Å²) in [6, 6.07) is 1.73. The molecule has 3 rings (SSSR count). The minimum absolute atomic E-state index is 0.0195. The average Bonchev–Trinajstić information content (AvgIpc) is 3.24. The van der Waals surface area contributed by atoms with Crippen LogP contribution in [0.1, 0.15) is 25.7 Å². The molecule has 1 amide bonds. The van der Waals surface area contributed by atoms with Crippen molar-refractivity contribution in [1.29, 1.82) is 0 Å². The molecule has 0 aromatic carbocycles. The normalized spacial score (nSPS) is 24.0. The smallest absolute Gasteiger partial charge is 0.220 e. The average molecular weight is 318 g/mol. The van der Waals surface area contributed by atoms with Crippen LogP contribution >= 0.6 is 0 Å². The highest BCUT2D eigenvalue weighted by Gasteiger charge is 2.33. The minimum atomic E-state index is -0.477. The number of rotatable bonds is 7. The molecule has 0 saturated heterocycles. The quantitative estimate of drug-likeness (QED) is 0.760. The number of aliphatic hydroxyl groups excluding tert-OH is 1. The Balaban J connectivity index is 1.39. The van der Waals surface area contributed by atoms with Crippen LogP contribution < -0.4 is 5.32 Å². The van der Waals surface area contributed by atoms with Crippen molar-refractivity contribution < 1.29 is 9.90 Å². The number of nitrogens with one attached hydrogen (secondary N) is 1. The molecule has 1 fully saturated rings. The lowest BCUT2D eigenvalue weighted by Crippen LogP contribution is -2.39. The van der Waals surface area contributed by atoms with E-state index in [4.69, 9.17) is 0 Å². The van der Waals surface area contributed by atoms with Crippen LogP contribution in [0.15, 0.2) is 31.1 Å². The van der Waals surface area contributed by atoms with Crippen molar-refractivity contribution in [2.75, 3.05) is 0 Å². The van der Waals surface area contributed by atoms with Gasteiger partial charge in [0.2, 0.25) is 5.91 Å². The molecule has 8 nitrogen and oxygen atoms in total. The Morgan fingerprint density at radius 1 is 1.30 bits per heavy atom. The van der Waals surface area contributed by atoms with Crippen LogP contribution in [-0.2, 0) is 17.9 Å². The molecule has 0 aliphatic heterocycles. The number of hydrogen-bond acceptors (Lipinski definition) is 5. The largest absolute Gasteiger partial charge is 0.391 e. The molecule has 2 heterocycles. The van der Waals surface area contributed by atoms with Gasteiger partial charge in [-0.1, -0.05) is 0 Å². The number of nitrogens with zero attached hydrogens (tertiary/aromatic N) is 5. The predicted octanol–water partition coefficient (Wildman–Crippen LogP) is 0.211. The zero-order valence-electron chi connectivity index (χ0n) is 13.0. The zero-order valence-corrected chi connectivity index (χ0v) is 13.0. The van der Waals surface area contributed by atoms with E-state index in [1.807, 2.05) is 16.9 Å². The van der Waals surface area contributed by atoms with Gasteiger partial charge < -0.3 is 10.4 Å². The van der Waals surface area contributed by atoms with Crippen molar-refractivity contribution in [3.63, 3.8) is 0 Å². The third-order valence-corrected chi connectivity index (χ3v) is 4.24. The molecule has 0 radical (unpaired) electrons. The Hall–Kier alpha value is -2.22. The molecule has 23 heavy (non-hydrogen) atoms. The molecule has 0 bridgehead atoms. The zero-order chi connectivity index (χ0) is 16.1. The minimum Gasteiger partial charge on any atom is -0.391 e. The molecule has 1 aliphatic rings. The maximum atomic E-state index is 12.0. The second-order valence-corrected chi connectivity index (χ2v) is 6.07. The van der Waals surface area contributed by atoms with Crippen molar-refractivity contribution in [3.05, 3.63) is 31.1 Å². The Bertz CT molecular complexity index is 598. The molecule has 124 valence electrons. The fourth-order valence-electron chi connectivity index (χ4n) is 3.12. The fourth-order valence-corrected chi connectivity index (χ4v) is 3.12. The van der Waals surface area contributed by atoms with Gasteiger partial charge in [-0.05, 0) is 31.2 Å². The first-order valence-electron chi connectivity index (χ1n) is 7.98. The van der Waals surface area contributed by atoms with Crippen LogP contribution in [0.25, 0.3) is 0 Å². The lowest BCUT2D eigenvalue weighted by atomic mass is 10.1. The molecule has 2 aromatic rings. The molecular formula is C15H22N6O2. The summed E-state index contributed by atoms with van der Waals surface area (Å²) in [4.78, 5) is 15.9. The van der Waals surface area contributed by atoms with Gasteiger partial charge in [-0.2, -0.15) is 10.2 Å². The van der Waals surface area contributed by atoms with Crippen LogP contribution in [0.2, 0.25) is 0 Å². The summed E-state index contributed by atoms with van der Waals surface area (Å²) in [6.45, 7) is 1.45. The van der Waals surface area contributed by atoms with Gasteiger partial charge in [0.25, 0.3) is 0 Å². The van der Waals surface area contributed by atoms with Crippen LogP contribution in [-0.4, -0.2) is 47.7 Å². The topological polar surface area (TPSA) is 97.9 Å². The summed E-state index contributed by atoms with van der Waals surface area (Å²) < 4.78 is 3.58. The highest BCUT2D eigenvalue weighted by atomic mass is 16.3. The van der Waals surface area contributed by atoms with Gasteiger partial charge in [0.15, 0.2) is 0 Å². The third-order valence-electron chi connectivity index (χ3n) is 4.24. The highest BCUT2D eigenvalue weighted by molar-refractivity contribution is 5.76. The van der Waals surface area contributed by atoms with E-state index >= 15 is 0 Å². The van der Waals surface area contributed by atoms with Crippen LogP contribution in [0.3, 0.4) is 0 Å². The maximum Gasteiger partial charge on any atom is 0.220 e. The Morgan fingerprint density at radius 3 is 2.96 bits per heavy atom. The number of hydrogen-bond donors (Lipinski definition) is 2. The lowest BCUT2D eigenvalue weighted by Gasteiger charge is -2.16. The second kappa shape index (κ2) is 7.36. The van der Waals surface area contributed by atoms with Crippen molar-refractivity contribution in [1.82, 2.24) is 29.9 Å². The SMILES string of the molecule is O=C(CCCn1cncn1)N[C@@H]1CC(Cn2cccn2)C[C@H]1O. The van der Waals surface area contributed by atoms with Crippen molar-refractivity contribution in [2.24, 2.45) is 5.92 Å². The van der Waals surface area contributed by atoms with Crippen molar-refractivity contribution >= 4 is 5.91 Å². The second-order valence-electron chi connectivity index (χ2n) is 6.07. The van der Waals surface area contributed by atoms with E-state index in [0.29, 0.717) is 31.7 Å². The maximum absolute atomic E-state index is 12.0. The van der Waals surface area contributed by atoms with E-state index in [1.165, 1.54) is 6.33 Å². The van der Waals surface area contributed by atoms with E-state index in [9.17, 15) is 9.90 Å². The molecule has 8 heteroatoms. The number of aryl methyl sites for hydroxylation is 1. The molecule has 1 saturated carbocycles. The molecule has 1 unspecified atom stereocenters. The number of amides is 1. The summed E-state index contributed by atoms with van der Waals surface area (Å²) in [5, 5.41) is 21.3. The summed E-state index contributed by atoms with van der Waals surface area (Å²) in [5.41, 5.74) is 0. The Kier molecular flexibility index (Phi) is 5.02. The first kappa shape index (κ1) is 15.7. The van der Waals surface area contributed by atoms with Gasteiger partial charge in [-0.3, -0.25) is 14.2 Å². The van der Waals surface area contributed by atoms with E-state index in [-0.39, 0.29) is 11.9 Å². The number of carbonyl (C=O) groups excluding carboxylic acids is 1. The summed E-state index contributed by atoms with van der Waals surface area (Å²) in [7, 11) is 0. The standard InChI is InChI=1S/C15H22N6O2/c22-14-8-12(9-20-6-2-4-17-20)7-13(14)19-15(23)3-1-5-21-11-16-10-18-21/h2,4,6,10-14,22H,1,3,5,7-9H2,(H,19,23)/t12?,13-,14-/m1/s1. The van der Waals surface area contributed by atoms with Crippen LogP contribution in [0.4, 0.5) is 0 Å². The molecule has 1 aliphatic carbocycles. The monoisotopic (exact) mass is 318 g/mol. The van der Waals surface area contributed by atoms with Gasteiger partial charge in [-0.25, -0.2) is 4.98 Å². The first-order valence-corrected chi connectivity index (χ1v) is 7.98. The van der Waals surface area contributed by atoms with Crippen molar-refractivity contribution in [2.45, 2.75) is 50.9 Å². The summed E-state index contributed by atoms with van der Waals surface area (Å²) in [5.74, 6) is 0.319. The molecular weight excluding hydrogens is 296 g/mol. The highest BCUT2D eigenvalue weighted by Crippen LogP contribution is 2.27.